The number of ether oxygens (including phenoxy) is 1. The fraction of sp³-hybridized carbons (Fsp3) is 0.400. The highest BCUT2D eigenvalue weighted by molar-refractivity contribution is 5.87. The van der Waals surface area contributed by atoms with E-state index in [9.17, 15) is 14.7 Å². The Balaban J connectivity index is 2.35. The molecule has 1 N–H and O–H groups in total. The molecule has 0 bridgehead atoms. The molecular formula is C20H23NO4. The fourth-order valence-electron chi connectivity index (χ4n) is 3.59. The van der Waals surface area contributed by atoms with E-state index in [1.165, 1.54) is 12.3 Å². The van der Waals surface area contributed by atoms with Crippen molar-refractivity contribution in [2.24, 2.45) is 5.41 Å². The van der Waals surface area contributed by atoms with Crippen LogP contribution in [-0.2, 0) is 6.42 Å². The number of fused-ring (bicyclic) bond motifs is 3. The van der Waals surface area contributed by atoms with Crippen LogP contribution in [0.5, 0.6) is 5.75 Å². The van der Waals surface area contributed by atoms with E-state index >= 15 is 0 Å². The van der Waals surface area contributed by atoms with Gasteiger partial charge < -0.3 is 14.4 Å². The Hall–Kier alpha value is -2.56. The van der Waals surface area contributed by atoms with E-state index in [-0.39, 0.29) is 17.0 Å². The number of hydrogen-bond acceptors (Lipinski definition) is 3. The molecule has 1 aliphatic rings. The summed E-state index contributed by atoms with van der Waals surface area (Å²) in [5.41, 5.74) is 3.11. The number of nitrogens with zero attached hydrogens (tertiary/aromatic N) is 1. The van der Waals surface area contributed by atoms with Crippen LogP contribution in [0.25, 0.3) is 11.3 Å². The largest absolute Gasteiger partial charge is 0.496 e. The van der Waals surface area contributed by atoms with Crippen molar-refractivity contribution < 1.29 is 14.6 Å². The smallest absolute Gasteiger partial charge is 0.341 e. The molecule has 0 saturated heterocycles. The van der Waals surface area contributed by atoms with Gasteiger partial charge in [0.2, 0.25) is 0 Å². The molecule has 1 aliphatic heterocycles. The Kier molecular flexibility index (Phi) is 3.98. The fourth-order valence-corrected chi connectivity index (χ4v) is 3.59. The van der Waals surface area contributed by atoms with Crippen LogP contribution in [0.1, 0.15) is 48.3 Å². The Morgan fingerprint density at radius 2 is 1.96 bits per heavy atom. The first-order chi connectivity index (χ1) is 11.6. The normalized spacial score (nSPS) is 16.1. The van der Waals surface area contributed by atoms with Gasteiger partial charge in [-0.3, -0.25) is 4.79 Å². The first-order valence-electron chi connectivity index (χ1n) is 8.31. The molecule has 5 heteroatoms. The van der Waals surface area contributed by atoms with E-state index in [4.69, 9.17) is 4.74 Å². The number of carboxylic acid groups (broad SMARTS) is 1. The Bertz CT molecular complexity index is 919. The zero-order valence-electron chi connectivity index (χ0n) is 15.2. The van der Waals surface area contributed by atoms with E-state index in [1.54, 1.807) is 7.11 Å². The summed E-state index contributed by atoms with van der Waals surface area (Å²) in [5, 5.41) is 9.34. The Morgan fingerprint density at radius 3 is 2.52 bits per heavy atom. The lowest BCUT2D eigenvalue weighted by Gasteiger charge is -2.39. The number of aryl methyl sites for hydroxylation is 1. The molecule has 0 saturated carbocycles. The first-order valence-corrected chi connectivity index (χ1v) is 8.31. The van der Waals surface area contributed by atoms with Crippen molar-refractivity contribution in [2.45, 2.75) is 40.2 Å². The van der Waals surface area contributed by atoms with Crippen molar-refractivity contribution >= 4 is 5.97 Å². The monoisotopic (exact) mass is 341 g/mol. The minimum Gasteiger partial charge on any atom is -0.496 e. The predicted molar refractivity (Wildman–Crippen MR) is 96.6 cm³/mol. The molecule has 0 aliphatic carbocycles. The van der Waals surface area contributed by atoms with Crippen molar-refractivity contribution in [3.8, 4) is 17.0 Å². The van der Waals surface area contributed by atoms with Gasteiger partial charge in [0.15, 0.2) is 5.43 Å². The maximum Gasteiger partial charge on any atom is 0.341 e. The van der Waals surface area contributed by atoms with Crippen LogP contribution in [0.3, 0.4) is 0 Å². The van der Waals surface area contributed by atoms with Gasteiger partial charge in [0, 0.05) is 23.9 Å². The number of carbonyl (C=O) groups is 1. The molecule has 0 fully saturated rings. The van der Waals surface area contributed by atoms with E-state index in [2.05, 4.69) is 26.8 Å². The molecule has 3 rings (SSSR count). The molecule has 25 heavy (non-hydrogen) atoms. The summed E-state index contributed by atoms with van der Waals surface area (Å²) in [6, 6.07) is 5.54. The second-order valence-electron chi connectivity index (χ2n) is 7.71. The summed E-state index contributed by atoms with van der Waals surface area (Å²) in [5.74, 6) is -0.436. The minimum absolute atomic E-state index is 0.0569. The first kappa shape index (κ1) is 17.3. The van der Waals surface area contributed by atoms with Crippen molar-refractivity contribution in [3.05, 3.63) is 51.3 Å². The second-order valence-corrected chi connectivity index (χ2v) is 7.71. The van der Waals surface area contributed by atoms with Gasteiger partial charge in [-0.05, 0) is 36.0 Å². The third-order valence-corrected chi connectivity index (χ3v) is 4.96. The quantitative estimate of drug-likeness (QED) is 0.905. The van der Waals surface area contributed by atoms with Crippen LogP contribution >= 0.6 is 0 Å². The van der Waals surface area contributed by atoms with Gasteiger partial charge in [0.05, 0.1) is 12.8 Å². The molecule has 132 valence electrons. The zero-order chi connectivity index (χ0) is 18.5. The van der Waals surface area contributed by atoms with Crippen LogP contribution in [0.15, 0.2) is 29.2 Å². The highest BCUT2D eigenvalue weighted by Gasteiger charge is 2.33. The molecule has 5 nitrogen and oxygen atoms in total. The summed E-state index contributed by atoms with van der Waals surface area (Å²) < 4.78 is 7.38. The van der Waals surface area contributed by atoms with Gasteiger partial charge in [-0.2, -0.15) is 0 Å². The molecule has 1 unspecified atom stereocenters. The number of aromatic carboxylic acids is 1. The maximum absolute atomic E-state index is 12.3. The van der Waals surface area contributed by atoms with Crippen LogP contribution in [0, 0.1) is 12.3 Å². The summed E-state index contributed by atoms with van der Waals surface area (Å²) in [4.78, 5) is 23.7. The molecule has 2 aromatic rings. The molecule has 0 radical (unpaired) electrons. The lowest BCUT2D eigenvalue weighted by Crippen LogP contribution is -2.32. The number of aromatic nitrogens is 1. The maximum atomic E-state index is 12.3. The van der Waals surface area contributed by atoms with Gasteiger partial charge in [-0.1, -0.05) is 26.8 Å². The number of pyridine rings is 1. The third-order valence-electron chi connectivity index (χ3n) is 4.96. The van der Waals surface area contributed by atoms with Gasteiger partial charge >= 0.3 is 5.97 Å². The summed E-state index contributed by atoms with van der Waals surface area (Å²) in [6.45, 7) is 8.38. The summed E-state index contributed by atoms with van der Waals surface area (Å²) in [7, 11) is 1.62. The number of hydrogen-bond donors (Lipinski definition) is 1. The molecule has 0 amide bonds. The van der Waals surface area contributed by atoms with E-state index in [0.717, 1.165) is 34.6 Å². The summed E-state index contributed by atoms with van der Waals surface area (Å²) >= 11 is 0. The van der Waals surface area contributed by atoms with Crippen LogP contribution < -0.4 is 10.2 Å². The lowest BCUT2D eigenvalue weighted by molar-refractivity contribution is 0.0693. The molecule has 1 aromatic heterocycles. The number of carboxylic acids is 1. The van der Waals surface area contributed by atoms with E-state index in [0.29, 0.717) is 0 Å². The Labute approximate surface area is 146 Å². The molecule has 2 heterocycles. The topological polar surface area (TPSA) is 68.5 Å². The summed E-state index contributed by atoms with van der Waals surface area (Å²) in [6.07, 6.45) is 2.27. The van der Waals surface area contributed by atoms with Crippen LogP contribution in [0.2, 0.25) is 0 Å². The molecular weight excluding hydrogens is 318 g/mol. The third kappa shape index (κ3) is 2.84. The Morgan fingerprint density at radius 1 is 1.28 bits per heavy atom. The standard InChI is InChI=1S/C20H23NO4/c1-11-6-12-7-18(20(2,3)4)21-10-14(19(23)24)16(22)9-15(21)13(12)8-17(11)25-5/h6,8-10,18H,7H2,1-5H3,(H,23,24). The van der Waals surface area contributed by atoms with Crippen molar-refractivity contribution in [2.75, 3.05) is 7.11 Å². The van der Waals surface area contributed by atoms with Gasteiger partial charge in [-0.25, -0.2) is 4.79 Å². The SMILES string of the molecule is COc1cc2c(cc1C)CC(C(C)(C)C)n1cc(C(=O)O)c(=O)cc1-2. The number of rotatable bonds is 2. The second kappa shape index (κ2) is 5.76. The van der Waals surface area contributed by atoms with Gasteiger partial charge in [0.25, 0.3) is 0 Å². The number of benzene rings is 1. The predicted octanol–water partition coefficient (Wildman–Crippen LogP) is 3.67. The van der Waals surface area contributed by atoms with Crippen molar-refractivity contribution in [3.63, 3.8) is 0 Å². The average Bonchev–Trinajstić information content (AvgIpc) is 2.51. The molecule has 1 aromatic carbocycles. The van der Waals surface area contributed by atoms with Gasteiger partial charge in [0.1, 0.15) is 11.3 Å². The highest BCUT2D eigenvalue weighted by atomic mass is 16.5. The van der Waals surface area contributed by atoms with Crippen LogP contribution in [0.4, 0.5) is 0 Å². The highest BCUT2D eigenvalue weighted by Crippen LogP contribution is 2.43. The zero-order valence-corrected chi connectivity index (χ0v) is 15.2. The van der Waals surface area contributed by atoms with E-state index < -0.39 is 11.4 Å². The van der Waals surface area contributed by atoms with Gasteiger partial charge in [-0.15, -0.1) is 0 Å². The average molecular weight is 341 g/mol. The van der Waals surface area contributed by atoms with Crippen molar-refractivity contribution in [1.82, 2.24) is 4.57 Å². The molecule has 1 atom stereocenters. The van der Waals surface area contributed by atoms with E-state index in [1.807, 2.05) is 17.6 Å². The molecule has 0 spiro atoms. The van der Waals surface area contributed by atoms with Crippen molar-refractivity contribution in [1.29, 1.82) is 0 Å². The minimum atomic E-state index is -1.19. The lowest BCUT2D eigenvalue weighted by atomic mass is 9.78. The number of methoxy groups -OCH3 is 1. The van der Waals surface area contributed by atoms with Crippen LogP contribution in [-0.4, -0.2) is 22.8 Å².